The predicted octanol–water partition coefficient (Wildman–Crippen LogP) is 3.31. The Morgan fingerprint density at radius 1 is 1.07 bits per heavy atom. The molecule has 0 radical (unpaired) electrons. The van der Waals surface area contributed by atoms with Gasteiger partial charge in [0.1, 0.15) is 10.8 Å². The average molecular weight is 385 g/mol. The van der Waals surface area contributed by atoms with Crippen LogP contribution in [0.4, 0.5) is 11.6 Å². The highest BCUT2D eigenvalue weighted by Gasteiger charge is 2.22. The zero-order valence-electron chi connectivity index (χ0n) is 16.0. The van der Waals surface area contributed by atoms with Gasteiger partial charge < -0.3 is 14.8 Å². The molecular weight excluding hydrogens is 360 g/mol. The molecule has 2 aromatic heterocycles. The normalized spacial score (nSPS) is 15.5. The van der Waals surface area contributed by atoms with E-state index in [9.17, 15) is 0 Å². The van der Waals surface area contributed by atoms with Gasteiger partial charge in [-0.1, -0.05) is 29.8 Å². The zero-order chi connectivity index (χ0) is 19.0. The van der Waals surface area contributed by atoms with Gasteiger partial charge in [0.25, 0.3) is 0 Å². The third-order valence-electron chi connectivity index (χ3n) is 5.19. The number of hydrogen-bond acceptors (Lipinski definition) is 5. The van der Waals surface area contributed by atoms with Crippen molar-refractivity contribution in [2.45, 2.75) is 13.5 Å². The molecule has 1 fully saturated rings. The molecule has 1 aliphatic heterocycles. The van der Waals surface area contributed by atoms with Crippen LogP contribution in [0.25, 0.3) is 11.0 Å². The van der Waals surface area contributed by atoms with Crippen LogP contribution in [0.5, 0.6) is 0 Å². The number of aryl methyl sites for hydroxylation is 1. The molecule has 0 unspecified atom stereocenters. The highest BCUT2D eigenvalue weighted by atomic mass is 35.5. The zero-order valence-corrected chi connectivity index (χ0v) is 16.8. The Kier molecular flexibility index (Phi) is 4.93. The van der Waals surface area contributed by atoms with Crippen molar-refractivity contribution in [2.75, 3.05) is 50.1 Å². The largest absolute Gasteiger partial charge is 0.369 e. The first kappa shape index (κ1) is 18.1. The number of nitrogens with zero attached hydrogens (tertiary/aromatic N) is 5. The van der Waals surface area contributed by atoms with Gasteiger partial charge in [0, 0.05) is 58.2 Å². The lowest BCUT2D eigenvalue weighted by Gasteiger charge is -2.36. The molecule has 0 atom stereocenters. The molecule has 0 spiro atoms. The van der Waals surface area contributed by atoms with Crippen molar-refractivity contribution in [2.24, 2.45) is 0 Å². The summed E-state index contributed by atoms with van der Waals surface area (Å²) in [4.78, 5) is 19.2. The molecule has 1 aliphatic rings. The van der Waals surface area contributed by atoms with Gasteiger partial charge in [0.2, 0.25) is 5.95 Å². The van der Waals surface area contributed by atoms with E-state index in [1.54, 1.807) is 0 Å². The lowest BCUT2D eigenvalue weighted by atomic mass is 10.1. The Hall–Kier alpha value is -2.31. The summed E-state index contributed by atoms with van der Waals surface area (Å²) in [6, 6.07) is 10.6. The molecule has 1 aromatic carbocycles. The number of aromatic amines is 1. The minimum Gasteiger partial charge on any atom is -0.369 e. The monoisotopic (exact) mass is 384 g/mol. The molecule has 7 heteroatoms. The first-order valence-electron chi connectivity index (χ1n) is 9.27. The molecule has 3 aromatic rings. The van der Waals surface area contributed by atoms with E-state index < -0.39 is 0 Å². The molecule has 0 amide bonds. The molecule has 6 nitrogen and oxygen atoms in total. The van der Waals surface area contributed by atoms with Crippen LogP contribution in [0.2, 0.25) is 5.15 Å². The van der Waals surface area contributed by atoms with Crippen LogP contribution >= 0.6 is 11.6 Å². The first-order chi connectivity index (χ1) is 13.0. The quantitative estimate of drug-likeness (QED) is 0.699. The van der Waals surface area contributed by atoms with E-state index in [4.69, 9.17) is 11.6 Å². The van der Waals surface area contributed by atoms with E-state index in [1.165, 1.54) is 11.3 Å². The SMILES string of the molecule is Cc1[nH]c2nc(N(C)C)nc(Cl)c2c1CN1CCN(c2ccccc2)CC1. The maximum absolute atomic E-state index is 6.52. The third-order valence-corrected chi connectivity index (χ3v) is 5.46. The van der Waals surface area contributed by atoms with Gasteiger partial charge >= 0.3 is 0 Å². The second-order valence-corrected chi connectivity index (χ2v) is 7.62. The summed E-state index contributed by atoms with van der Waals surface area (Å²) in [5.74, 6) is 0.622. The number of anilines is 2. The fraction of sp³-hybridized carbons (Fsp3) is 0.400. The summed E-state index contributed by atoms with van der Waals surface area (Å²) in [5, 5.41) is 1.47. The standard InChI is InChI=1S/C20H25ClN6/c1-14-16(17-18(21)23-20(25(2)3)24-19(17)22-14)13-26-9-11-27(12-10-26)15-7-5-4-6-8-15/h4-8H,9-13H2,1-3H3,(H,22,23,24). The maximum Gasteiger partial charge on any atom is 0.228 e. The van der Waals surface area contributed by atoms with Crippen LogP contribution in [0.1, 0.15) is 11.3 Å². The van der Waals surface area contributed by atoms with Crippen molar-refractivity contribution in [1.29, 1.82) is 0 Å². The Labute approximate surface area is 164 Å². The molecular formula is C20H25ClN6. The van der Waals surface area contributed by atoms with E-state index in [0.29, 0.717) is 11.1 Å². The third kappa shape index (κ3) is 3.59. The Balaban J connectivity index is 1.52. The van der Waals surface area contributed by atoms with Crippen LogP contribution in [0.3, 0.4) is 0 Å². The molecule has 0 aliphatic carbocycles. The minimum atomic E-state index is 0.519. The second kappa shape index (κ2) is 7.37. The molecule has 27 heavy (non-hydrogen) atoms. The number of piperazine rings is 1. The van der Waals surface area contributed by atoms with Gasteiger partial charge in [-0.25, -0.2) is 4.98 Å². The van der Waals surface area contributed by atoms with Crippen molar-refractivity contribution < 1.29 is 0 Å². The molecule has 0 bridgehead atoms. The lowest BCUT2D eigenvalue weighted by Crippen LogP contribution is -2.46. The van der Waals surface area contributed by atoms with Gasteiger partial charge in [-0.2, -0.15) is 4.98 Å². The Bertz CT molecular complexity index is 929. The van der Waals surface area contributed by atoms with Crippen molar-refractivity contribution in [1.82, 2.24) is 19.9 Å². The number of nitrogens with one attached hydrogen (secondary N) is 1. The summed E-state index contributed by atoms with van der Waals surface area (Å²) < 4.78 is 0. The molecule has 4 rings (SSSR count). The van der Waals surface area contributed by atoms with E-state index in [-0.39, 0.29) is 0 Å². The fourth-order valence-electron chi connectivity index (χ4n) is 3.64. The number of fused-ring (bicyclic) bond motifs is 1. The summed E-state index contributed by atoms with van der Waals surface area (Å²) in [6.45, 7) is 7.05. The van der Waals surface area contributed by atoms with E-state index >= 15 is 0 Å². The van der Waals surface area contributed by atoms with Gasteiger partial charge in [0.05, 0.1) is 5.39 Å². The Morgan fingerprint density at radius 3 is 2.44 bits per heavy atom. The van der Waals surface area contributed by atoms with Crippen LogP contribution < -0.4 is 9.80 Å². The van der Waals surface area contributed by atoms with E-state index in [0.717, 1.165) is 49.5 Å². The summed E-state index contributed by atoms with van der Waals surface area (Å²) in [5.41, 5.74) is 4.43. The lowest BCUT2D eigenvalue weighted by molar-refractivity contribution is 0.250. The highest BCUT2D eigenvalue weighted by Crippen LogP contribution is 2.30. The fourth-order valence-corrected chi connectivity index (χ4v) is 3.92. The average Bonchev–Trinajstić information content (AvgIpc) is 2.99. The number of aromatic nitrogens is 3. The van der Waals surface area contributed by atoms with Gasteiger partial charge in [-0.3, -0.25) is 4.90 Å². The smallest absolute Gasteiger partial charge is 0.228 e. The first-order valence-corrected chi connectivity index (χ1v) is 9.65. The number of H-pyrrole nitrogens is 1. The molecule has 0 saturated carbocycles. The van der Waals surface area contributed by atoms with Crippen LogP contribution in [0, 0.1) is 6.92 Å². The van der Waals surface area contributed by atoms with Crippen molar-refractivity contribution in [3.8, 4) is 0 Å². The summed E-state index contributed by atoms with van der Waals surface area (Å²) in [6.07, 6.45) is 0. The number of rotatable bonds is 4. The summed E-state index contributed by atoms with van der Waals surface area (Å²) in [7, 11) is 3.83. The molecule has 142 valence electrons. The Morgan fingerprint density at radius 2 is 1.78 bits per heavy atom. The maximum atomic E-state index is 6.52. The second-order valence-electron chi connectivity index (χ2n) is 7.26. The van der Waals surface area contributed by atoms with Gasteiger partial charge in [-0.15, -0.1) is 0 Å². The number of para-hydroxylation sites is 1. The number of halogens is 1. The molecule has 3 heterocycles. The van der Waals surface area contributed by atoms with E-state index in [2.05, 4.69) is 62.0 Å². The van der Waals surface area contributed by atoms with Gasteiger partial charge in [0.15, 0.2) is 0 Å². The van der Waals surface area contributed by atoms with Crippen LogP contribution in [-0.4, -0.2) is 60.1 Å². The highest BCUT2D eigenvalue weighted by molar-refractivity contribution is 6.34. The van der Waals surface area contributed by atoms with Crippen LogP contribution in [0.15, 0.2) is 30.3 Å². The van der Waals surface area contributed by atoms with Crippen molar-refractivity contribution in [3.05, 3.63) is 46.7 Å². The minimum absolute atomic E-state index is 0.519. The molecule has 1 N–H and O–H groups in total. The summed E-state index contributed by atoms with van der Waals surface area (Å²) >= 11 is 6.52. The number of hydrogen-bond donors (Lipinski definition) is 1. The van der Waals surface area contributed by atoms with Gasteiger partial charge in [-0.05, 0) is 24.6 Å². The van der Waals surface area contributed by atoms with E-state index in [1.807, 2.05) is 19.0 Å². The topological polar surface area (TPSA) is 51.3 Å². The van der Waals surface area contributed by atoms with Crippen molar-refractivity contribution >= 4 is 34.3 Å². The predicted molar refractivity (Wildman–Crippen MR) is 112 cm³/mol. The number of benzene rings is 1. The molecule has 1 saturated heterocycles. The van der Waals surface area contributed by atoms with Crippen molar-refractivity contribution in [3.63, 3.8) is 0 Å². The van der Waals surface area contributed by atoms with Crippen LogP contribution in [-0.2, 0) is 6.54 Å².